The van der Waals surface area contributed by atoms with Crippen LogP contribution in [0.5, 0.6) is 0 Å². The van der Waals surface area contributed by atoms with E-state index in [0.29, 0.717) is 0 Å². The number of hydrogen-bond acceptors (Lipinski definition) is 2. The van der Waals surface area contributed by atoms with E-state index in [1.807, 2.05) is 0 Å². The van der Waals surface area contributed by atoms with Crippen molar-refractivity contribution in [2.45, 2.75) is 115 Å². The van der Waals surface area contributed by atoms with Gasteiger partial charge in [-0.15, -0.1) is 0 Å². The Morgan fingerprint density at radius 2 is 1.35 bits per heavy atom. The summed E-state index contributed by atoms with van der Waals surface area (Å²) in [7, 11) is -2.25. The molecule has 2 aliphatic rings. The molecule has 0 aliphatic heterocycles. The summed E-state index contributed by atoms with van der Waals surface area (Å²) in [4.78, 5) is 2.97. The van der Waals surface area contributed by atoms with Crippen molar-refractivity contribution >= 4 is 17.4 Å². The van der Waals surface area contributed by atoms with Gasteiger partial charge >= 0.3 is 0 Å². The lowest BCUT2D eigenvalue weighted by Gasteiger charge is -2.42. The second-order valence-electron chi connectivity index (χ2n) is 9.00. The summed E-state index contributed by atoms with van der Waals surface area (Å²) < 4.78 is 6.37. The molecule has 136 valence electrons. The molecule has 2 rings (SSSR count). The smallest absolute Gasteiger partial charge is 0.170 e. The SMILES string of the molecule is C[SiH](CCCN(C1CCCCC1)C1CCCCC1)O[Si](C)(C)C. The van der Waals surface area contributed by atoms with Crippen LogP contribution >= 0.6 is 0 Å². The summed E-state index contributed by atoms with van der Waals surface area (Å²) in [6.07, 6.45) is 16.1. The Labute approximate surface area is 148 Å². The van der Waals surface area contributed by atoms with E-state index in [2.05, 4.69) is 31.1 Å². The molecule has 0 bridgehead atoms. The first-order chi connectivity index (χ1) is 11.0. The van der Waals surface area contributed by atoms with E-state index < -0.39 is 17.4 Å². The zero-order valence-electron chi connectivity index (χ0n) is 16.3. The number of nitrogens with zero attached hydrogens (tertiary/aromatic N) is 1. The maximum Gasteiger partial charge on any atom is 0.170 e. The van der Waals surface area contributed by atoms with Crippen molar-refractivity contribution in [2.24, 2.45) is 0 Å². The Balaban J connectivity index is 1.81. The second kappa shape index (κ2) is 9.74. The molecule has 0 radical (unpaired) electrons. The molecule has 2 nitrogen and oxygen atoms in total. The van der Waals surface area contributed by atoms with Crippen molar-refractivity contribution in [1.82, 2.24) is 4.90 Å². The standard InChI is InChI=1S/C19H41NOSi2/c1-22(21-23(2,3)4)17-11-16-20(18-12-7-5-8-13-18)19-14-9-6-10-15-19/h18-19,22H,5-17H2,1-4H3. The maximum absolute atomic E-state index is 6.37. The van der Waals surface area contributed by atoms with E-state index >= 15 is 0 Å². The molecule has 1 unspecified atom stereocenters. The lowest BCUT2D eigenvalue weighted by Crippen LogP contribution is -2.45. The van der Waals surface area contributed by atoms with Gasteiger partial charge in [-0.05, 0) is 70.9 Å². The van der Waals surface area contributed by atoms with Gasteiger partial charge in [-0.3, -0.25) is 4.90 Å². The molecule has 0 aromatic carbocycles. The Kier molecular flexibility index (Phi) is 8.33. The molecule has 0 aromatic rings. The third kappa shape index (κ3) is 7.41. The topological polar surface area (TPSA) is 12.5 Å². The summed E-state index contributed by atoms with van der Waals surface area (Å²) in [5.41, 5.74) is 0. The van der Waals surface area contributed by atoms with E-state index in [1.54, 1.807) is 0 Å². The van der Waals surface area contributed by atoms with E-state index in [-0.39, 0.29) is 0 Å². The van der Waals surface area contributed by atoms with Gasteiger partial charge in [0.15, 0.2) is 17.4 Å². The molecular weight excluding hydrogens is 314 g/mol. The van der Waals surface area contributed by atoms with Crippen molar-refractivity contribution in [3.8, 4) is 0 Å². The van der Waals surface area contributed by atoms with Gasteiger partial charge in [-0.1, -0.05) is 38.5 Å². The largest absolute Gasteiger partial charge is 0.458 e. The number of hydrogen-bond donors (Lipinski definition) is 0. The summed E-state index contributed by atoms with van der Waals surface area (Å²) in [6, 6.07) is 3.18. The zero-order valence-corrected chi connectivity index (χ0v) is 18.4. The zero-order chi connectivity index (χ0) is 16.7. The van der Waals surface area contributed by atoms with Crippen LogP contribution in [0.15, 0.2) is 0 Å². The minimum atomic E-state index is -1.31. The van der Waals surface area contributed by atoms with Crippen molar-refractivity contribution < 1.29 is 4.12 Å². The highest BCUT2D eigenvalue weighted by Gasteiger charge is 2.28. The van der Waals surface area contributed by atoms with Gasteiger partial charge < -0.3 is 4.12 Å². The van der Waals surface area contributed by atoms with Gasteiger partial charge in [0.25, 0.3) is 0 Å². The van der Waals surface area contributed by atoms with Gasteiger partial charge in [0.1, 0.15) is 0 Å². The van der Waals surface area contributed by atoms with Gasteiger partial charge in [0.2, 0.25) is 0 Å². The van der Waals surface area contributed by atoms with Gasteiger partial charge in [-0.2, -0.15) is 0 Å². The molecule has 0 amide bonds. The molecule has 0 saturated heterocycles. The summed E-state index contributed by atoms with van der Waals surface area (Å²) in [5, 5.41) is 0. The fraction of sp³-hybridized carbons (Fsp3) is 1.00. The molecular formula is C19H41NOSi2. The average Bonchev–Trinajstić information content (AvgIpc) is 2.51. The van der Waals surface area contributed by atoms with E-state index in [9.17, 15) is 0 Å². The van der Waals surface area contributed by atoms with Crippen LogP contribution in [0.2, 0.25) is 32.2 Å². The first-order valence-electron chi connectivity index (χ1n) is 10.4. The summed E-state index contributed by atoms with van der Waals surface area (Å²) in [6.45, 7) is 10.8. The lowest BCUT2D eigenvalue weighted by atomic mass is 9.88. The van der Waals surface area contributed by atoms with Crippen LogP contribution in [-0.2, 0) is 4.12 Å². The van der Waals surface area contributed by atoms with Crippen LogP contribution < -0.4 is 0 Å². The highest BCUT2D eigenvalue weighted by atomic mass is 28.4. The Bertz CT molecular complexity index is 302. The molecule has 0 N–H and O–H groups in total. The van der Waals surface area contributed by atoms with Crippen molar-refractivity contribution in [3.63, 3.8) is 0 Å². The molecule has 2 saturated carbocycles. The monoisotopic (exact) mass is 355 g/mol. The van der Waals surface area contributed by atoms with Crippen LogP contribution in [0.1, 0.15) is 70.6 Å². The quantitative estimate of drug-likeness (QED) is 0.529. The van der Waals surface area contributed by atoms with Crippen molar-refractivity contribution in [2.75, 3.05) is 6.54 Å². The van der Waals surface area contributed by atoms with Crippen LogP contribution in [0.4, 0.5) is 0 Å². The lowest BCUT2D eigenvalue weighted by molar-refractivity contribution is 0.0808. The molecule has 0 heterocycles. The third-order valence-electron chi connectivity index (χ3n) is 5.67. The summed E-state index contributed by atoms with van der Waals surface area (Å²) >= 11 is 0. The Morgan fingerprint density at radius 1 is 0.870 bits per heavy atom. The third-order valence-corrected chi connectivity index (χ3v) is 11.3. The molecule has 0 aromatic heterocycles. The average molecular weight is 356 g/mol. The first-order valence-corrected chi connectivity index (χ1v) is 16.2. The maximum atomic E-state index is 6.37. The van der Waals surface area contributed by atoms with Gasteiger partial charge in [0.05, 0.1) is 0 Å². The summed E-state index contributed by atoms with van der Waals surface area (Å²) in [5.74, 6) is 0. The molecule has 4 heteroatoms. The van der Waals surface area contributed by atoms with Crippen LogP contribution in [0, 0.1) is 0 Å². The highest BCUT2D eigenvalue weighted by Crippen LogP contribution is 2.30. The number of rotatable bonds is 8. The minimum absolute atomic E-state index is 0.904. The van der Waals surface area contributed by atoms with Crippen LogP contribution in [0.25, 0.3) is 0 Å². The second-order valence-corrected chi connectivity index (χ2v) is 16.4. The fourth-order valence-corrected chi connectivity index (χ4v) is 10.8. The molecule has 1 atom stereocenters. The molecule has 2 aliphatic carbocycles. The molecule has 2 fully saturated rings. The minimum Gasteiger partial charge on any atom is -0.458 e. The molecule has 23 heavy (non-hydrogen) atoms. The predicted octanol–water partition coefficient (Wildman–Crippen LogP) is 5.55. The normalized spacial score (nSPS) is 23.3. The van der Waals surface area contributed by atoms with Crippen LogP contribution in [0.3, 0.4) is 0 Å². The van der Waals surface area contributed by atoms with Gasteiger partial charge in [-0.25, -0.2) is 0 Å². The van der Waals surface area contributed by atoms with Gasteiger partial charge in [0, 0.05) is 12.1 Å². The predicted molar refractivity (Wildman–Crippen MR) is 107 cm³/mol. The van der Waals surface area contributed by atoms with E-state index in [4.69, 9.17) is 4.12 Å². The van der Waals surface area contributed by atoms with E-state index in [1.165, 1.54) is 83.2 Å². The van der Waals surface area contributed by atoms with Crippen molar-refractivity contribution in [3.05, 3.63) is 0 Å². The Hall–Kier alpha value is 0.354. The highest BCUT2D eigenvalue weighted by molar-refractivity contribution is 6.77. The Morgan fingerprint density at radius 3 is 1.78 bits per heavy atom. The van der Waals surface area contributed by atoms with Crippen molar-refractivity contribution in [1.29, 1.82) is 0 Å². The van der Waals surface area contributed by atoms with E-state index in [0.717, 1.165) is 12.1 Å². The van der Waals surface area contributed by atoms with Crippen LogP contribution in [-0.4, -0.2) is 40.9 Å². The fourth-order valence-electron chi connectivity index (χ4n) is 4.71. The first kappa shape index (κ1) is 19.7. The molecule has 0 spiro atoms.